The first kappa shape index (κ1) is 8.34. The smallest absolute Gasteiger partial charge is 0.0439 e. The standard InChI is InChI=1S/C9H15NO/c1-9(5-6-11)4-2-3-8(10)7-9/h2-4,11H,5-7,10H2,1H3. The molecule has 1 atom stereocenters. The Labute approximate surface area is 67.4 Å². The van der Waals surface area contributed by atoms with E-state index in [1.165, 1.54) is 0 Å². The SMILES string of the molecule is CC1(CCO)C=CC=C(N)C1. The van der Waals surface area contributed by atoms with E-state index in [2.05, 4.69) is 13.0 Å². The number of hydrogen-bond donors (Lipinski definition) is 2. The van der Waals surface area contributed by atoms with Gasteiger partial charge >= 0.3 is 0 Å². The van der Waals surface area contributed by atoms with Crippen LogP contribution in [0.25, 0.3) is 0 Å². The van der Waals surface area contributed by atoms with Crippen molar-refractivity contribution in [1.82, 2.24) is 0 Å². The Morgan fingerprint density at radius 1 is 1.73 bits per heavy atom. The van der Waals surface area contributed by atoms with Gasteiger partial charge in [0.15, 0.2) is 0 Å². The first-order valence-electron chi connectivity index (χ1n) is 3.91. The van der Waals surface area contributed by atoms with Crippen LogP contribution in [-0.4, -0.2) is 11.7 Å². The molecule has 1 rings (SSSR count). The van der Waals surface area contributed by atoms with Gasteiger partial charge in [-0.05, 0) is 24.3 Å². The van der Waals surface area contributed by atoms with Gasteiger partial charge in [0, 0.05) is 12.3 Å². The summed E-state index contributed by atoms with van der Waals surface area (Å²) in [6, 6.07) is 0. The van der Waals surface area contributed by atoms with E-state index in [4.69, 9.17) is 10.8 Å². The third kappa shape index (κ3) is 2.09. The van der Waals surface area contributed by atoms with Gasteiger partial charge in [-0.2, -0.15) is 0 Å². The Kier molecular flexibility index (Phi) is 2.35. The molecule has 1 aliphatic carbocycles. The van der Waals surface area contributed by atoms with E-state index in [1.54, 1.807) is 0 Å². The summed E-state index contributed by atoms with van der Waals surface area (Å²) in [6.45, 7) is 2.34. The summed E-state index contributed by atoms with van der Waals surface area (Å²) in [6.07, 6.45) is 7.65. The molecule has 3 N–H and O–H groups in total. The Hall–Kier alpha value is -0.760. The van der Waals surface area contributed by atoms with E-state index in [1.807, 2.05) is 12.2 Å². The van der Waals surface area contributed by atoms with Crippen molar-refractivity contribution in [3.63, 3.8) is 0 Å². The molecule has 0 amide bonds. The van der Waals surface area contributed by atoms with Gasteiger partial charge in [0.05, 0.1) is 0 Å². The van der Waals surface area contributed by atoms with Gasteiger partial charge in [0.25, 0.3) is 0 Å². The molecule has 0 spiro atoms. The molecule has 0 radical (unpaired) electrons. The first-order chi connectivity index (χ1) is 5.16. The van der Waals surface area contributed by atoms with Gasteiger partial charge in [-0.15, -0.1) is 0 Å². The second kappa shape index (κ2) is 3.09. The minimum atomic E-state index is 0.0770. The van der Waals surface area contributed by atoms with Gasteiger partial charge in [-0.1, -0.05) is 19.1 Å². The highest BCUT2D eigenvalue weighted by Crippen LogP contribution is 2.32. The largest absolute Gasteiger partial charge is 0.402 e. The molecule has 2 nitrogen and oxygen atoms in total. The van der Waals surface area contributed by atoms with E-state index >= 15 is 0 Å². The van der Waals surface area contributed by atoms with Crippen LogP contribution >= 0.6 is 0 Å². The third-order valence-electron chi connectivity index (χ3n) is 2.10. The van der Waals surface area contributed by atoms with E-state index in [0.29, 0.717) is 0 Å². The van der Waals surface area contributed by atoms with Crippen molar-refractivity contribution in [3.8, 4) is 0 Å². The zero-order valence-electron chi connectivity index (χ0n) is 6.88. The fraction of sp³-hybridized carbons (Fsp3) is 0.556. The molecule has 2 heteroatoms. The van der Waals surface area contributed by atoms with Gasteiger partial charge in [-0.25, -0.2) is 0 Å². The number of allylic oxidation sites excluding steroid dienone is 4. The van der Waals surface area contributed by atoms with Crippen LogP contribution in [0.5, 0.6) is 0 Å². The molecule has 0 heterocycles. The molecular formula is C9H15NO. The normalized spacial score (nSPS) is 30.2. The minimum Gasteiger partial charge on any atom is -0.402 e. The minimum absolute atomic E-state index is 0.0770. The van der Waals surface area contributed by atoms with Crippen molar-refractivity contribution in [2.75, 3.05) is 6.61 Å². The maximum absolute atomic E-state index is 8.78. The van der Waals surface area contributed by atoms with Crippen LogP contribution in [0, 0.1) is 5.41 Å². The van der Waals surface area contributed by atoms with Crippen LogP contribution < -0.4 is 5.73 Å². The lowest BCUT2D eigenvalue weighted by atomic mass is 9.80. The lowest BCUT2D eigenvalue weighted by molar-refractivity contribution is 0.228. The Bertz CT molecular complexity index is 196. The zero-order valence-corrected chi connectivity index (χ0v) is 6.88. The summed E-state index contributed by atoms with van der Waals surface area (Å²) >= 11 is 0. The highest BCUT2D eigenvalue weighted by molar-refractivity contribution is 5.20. The number of aliphatic hydroxyl groups is 1. The van der Waals surface area contributed by atoms with Crippen LogP contribution in [0.15, 0.2) is 23.9 Å². The number of rotatable bonds is 2. The average Bonchev–Trinajstić information content (AvgIpc) is 1.86. The van der Waals surface area contributed by atoms with Crippen molar-refractivity contribution in [2.45, 2.75) is 19.8 Å². The fourth-order valence-electron chi connectivity index (χ4n) is 1.42. The summed E-state index contributed by atoms with van der Waals surface area (Å²) in [5.41, 5.74) is 6.65. The Morgan fingerprint density at radius 3 is 3.00 bits per heavy atom. The molecule has 0 saturated carbocycles. The topological polar surface area (TPSA) is 46.2 Å². The molecule has 0 fully saturated rings. The van der Waals surface area contributed by atoms with Crippen molar-refractivity contribution < 1.29 is 5.11 Å². The van der Waals surface area contributed by atoms with Gasteiger partial charge in [0.1, 0.15) is 0 Å². The van der Waals surface area contributed by atoms with Gasteiger partial charge in [0.2, 0.25) is 0 Å². The predicted octanol–water partition coefficient (Wildman–Crippen LogP) is 1.18. The van der Waals surface area contributed by atoms with Crippen LogP contribution in [0.3, 0.4) is 0 Å². The maximum atomic E-state index is 8.78. The molecule has 0 saturated heterocycles. The molecule has 1 unspecified atom stereocenters. The average molecular weight is 153 g/mol. The van der Waals surface area contributed by atoms with Crippen LogP contribution in [0.1, 0.15) is 19.8 Å². The van der Waals surface area contributed by atoms with Crippen molar-refractivity contribution in [1.29, 1.82) is 0 Å². The lowest BCUT2D eigenvalue weighted by Crippen LogP contribution is -2.20. The predicted molar refractivity (Wildman–Crippen MR) is 45.8 cm³/mol. The summed E-state index contributed by atoms with van der Waals surface area (Å²) in [5, 5.41) is 8.78. The van der Waals surface area contributed by atoms with Crippen molar-refractivity contribution in [2.24, 2.45) is 11.1 Å². The molecule has 0 bridgehead atoms. The highest BCUT2D eigenvalue weighted by Gasteiger charge is 2.22. The molecule has 1 aliphatic rings. The van der Waals surface area contributed by atoms with Gasteiger partial charge in [-0.3, -0.25) is 0 Å². The first-order valence-corrected chi connectivity index (χ1v) is 3.91. The molecular weight excluding hydrogens is 138 g/mol. The molecule has 0 aromatic carbocycles. The number of hydrogen-bond acceptors (Lipinski definition) is 2. The molecule has 62 valence electrons. The van der Waals surface area contributed by atoms with E-state index in [-0.39, 0.29) is 12.0 Å². The molecule has 0 aliphatic heterocycles. The monoisotopic (exact) mass is 153 g/mol. The highest BCUT2D eigenvalue weighted by atomic mass is 16.3. The second-order valence-corrected chi connectivity index (χ2v) is 3.41. The summed E-state index contributed by atoms with van der Waals surface area (Å²) in [4.78, 5) is 0. The summed E-state index contributed by atoms with van der Waals surface area (Å²) in [5.74, 6) is 0. The fourth-order valence-corrected chi connectivity index (χ4v) is 1.42. The quantitative estimate of drug-likeness (QED) is 0.625. The second-order valence-electron chi connectivity index (χ2n) is 3.41. The summed E-state index contributed by atoms with van der Waals surface area (Å²) in [7, 11) is 0. The Balaban J connectivity index is 2.62. The van der Waals surface area contributed by atoms with Crippen LogP contribution in [0.2, 0.25) is 0 Å². The maximum Gasteiger partial charge on any atom is 0.0439 e. The van der Waals surface area contributed by atoms with E-state index in [0.717, 1.165) is 18.5 Å². The molecule has 0 aromatic rings. The van der Waals surface area contributed by atoms with Crippen LogP contribution in [-0.2, 0) is 0 Å². The van der Waals surface area contributed by atoms with Crippen LogP contribution in [0.4, 0.5) is 0 Å². The van der Waals surface area contributed by atoms with Crippen molar-refractivity contribution in [3.05, 3.63) is 23.9 Å². The Morgan fingerprint density at radius 2 is 2.45 bits per heavy atom. The molecule has 11 heavy (non-hydrogen) atoms. The number of aliphatic hydroxyl groups excluding tert-OH is 1. The molecule has 0 aromatic heterocycles. The zero-order chi connectivity index (χ0) is 8.32. The van der Waals surface area contributed by atoms with E-state index < -0.39 is 0 Å². The third-order valence-corrected chi connectivity index (χ3v) is 2.10. The number of nitrogens with two attached hydrogens (primary N) is 1. The summed E-state index contributed by atoms with van der Waals surface area (Å²) < 4.78 is 0. The lowest BCUT2D eigenvalue weighted by Gasteiger charge is -2.27. The van der Waals surface area contributed by atoms with Crippen molar-refractivity contribution >= 4 is 0 Å². The van der Waals surface area contributed by atoms with E-state index in [9.17, 15) is 0 Å². The van der Waals surface area contributed by atoms with Gasteiger partial charge < -0.3 is 10.8 Å².